The normalized spacial score (nSPS) is 16.3. The molecule has 1 aliphatic carbocycles. The van der Waals surface area contributed by atoms with E-state index < -0.39 is 0 Å². The van der Waals surface area contributed by atoms with Gasteiger partial charge < -0.3 is 0 Å². The van der Waals surface area contributed by atoms with Crippen molar-refractivity contribution < 1.29 is 4.79 Å². The molecule has 0 atom stereocenters. The van der Waals surface area contributed by atoms with Gasteiger partial charge >= 0.3 is 0 Å². The minimum Gasteiger partial charge on any atom is -0.289 e. The van der Waals surface area contributed by atoms with E-state index in [9.17, 15) is 4.79 Å². The summed E-state index contributed by atoms with van der Waals surface area (Å²) >= 11 is 1.64. The van der Waals surface area contributed by atoms with Crippen LogP contribution in [0, 0.1) is 0 Å². The summed E-state index contributed by atoms with van der Waals surface area (Å²) in [7, 11) is 0. The molecule has 0 amide bonds. The Bertz CT molecular complexity index is 612. The maximum absolute atomic E-state index is 12.4. The van der Waals surface area contributed by atoms with E-state index >= 15 is 0 Å². The second-order valence-corrected chi connectivity index (χ2v) is 5.63. The van der Waals surface area contributed by atoms with Crippen LogP contribution >= 0.6 is 11.3 Å². The molecule has 2 nitrogen and oxygen atoms in total. The van der Waals surface area contributed by atoms with Crippen LogP contribution in [0.25, 0.3) is 10.2 Å². The number of nitrogens with zero attached hydrogens (tertiary/aromatic N) is 1. The molecule has 3 rings (SSSR count). The van der Waals surface area contributed by atoms with Crippen LogP contribution in [0.1, 0.15) is 42.5 Å². The van der Waals surface area contributed by atoms with Crippen molar-refractivity contribution in [1.82, 2.24) is 4.98 Å². The standard InChI is InChI=1S/C15H15NOS/c17-15(11-5-3-1-2-4-6-11)12-9-14-13(16-10-12)7-8-18-14/h5,7-10H,1-4,6H2. The molecular weight excluding hydrogens is 242 g/mol. The molecule has 0 fully saturated rings. The minimum atomic E-state index is 0.166. The molecule has 92 valence electrons. The van der Waals surface area contributed by atoms with Crippen LogP contribution in [-0.2, 0) is 0 Å². The number of rotatable bonds is 2. The number of carbonyl (C=O) groups is 1. The fraction of sp³-hybridized carbons (Fsp3) is 0.333. The highest BCUT2D eigenvalue weighted by molar-refractivity contribution is 7.17. The molecule has 18 heavy (non-hydrogen) atoms. The van der Waals surface area contributed by atoms with E-state index in [1.165, 1.54) is 12.8 Å². The zero-order chi connectivity index (χ0) is 12.4. The monoisotopic (exact) mass is 257 g/mol. The summed E-state index contributed by atoms with van der Waals surface area (Å²) in [4.78, 5) is 16.8. The van der Waals surface area contributed by atoms with Crippen molar-refractivity contribution in [1.29, 1.82) is 0 Å². The summed E-state index contributed by atoms with van der Waals surface area (Å²) in [5, 5.41) is 2.01. The maximum Gasteiger partial charge on any atom is 0.190 e. The Morgan fingerprint density at radius 1 is 1.28 bits per heavy atom. The van der Waals surface area contributed by atoms with Crippen LogP contribution in [0.5, 0.6) is 0 Å². The highest BCUT2D eigenvalue weighted by Gasteiger charge is 2.14. The molecule has 0 radical (unpaired) electrons. The third-order valence-corrected chi connectivity index (χ3v) is 4.25. The van der Waals surface area contributed by atoms with E-state index in [1.807, 2.05) is 17.5 Å². The lowest BCUT2D eigenvalue weighted by molar-refractivity contribution is 0.103. The molecule has 0 aliphatic heterocycles. The molecular formula is C15H15NOS. The zero-order valence-corrected chi connectivity index (χ0v) is 11.0. The second-order valence-electron chi connectivity index (χ2n) is 4.69. The van der Waals surface area contributed by atoms with Crippen LogP contribution in [0.15, 0.2) is 35.4 Å². The first-order chi connectivity index (χ1) is 8.84. The van der Waals surface area contributed by atoms with E-state index in [0.29, 0.717) is 0 Å². The molecule has 2 heterocycles. The molecule has 2 aromatic heterocycles. The van der Waals surface area contributed by atoms with E-state index in [2.05, 4.69) is 11.1 Å². The molecule has 2 aromatic rings. The lowest BCUT2D eigenvalue weighted by atomic mass is 10.0. The van der Waals surface area contributed by atoms with Gasteiger partial charge in [-0.2, -0.15) is 0 Å². The summed E-state index contributed by atoms with van der Waals surface area (Å²) in [6, 6.07) is 3.96. The average molecular weight is 257 g/mol. The number of fused-ring (bicyclic) bond motifs is 1. The lowest BCUT2D eigenvalue weighted by Gasteiger charge is -2.04. The number of hydrogen-bond donors (Lipinski definition) is 0. The van der Waals surface area contributed by atoms with Crippen molar-refractivity contribution >= 4 is 27.3 Å². The largest absolute Gasteiger partial charge is 0.289 e. The number of pyridine rings is 1. The van der Waals surface area contributed by atoms with Gasteiger partial charge in [0.2, 0.25) is 0 Å². The number of carbonyl (C=O) groups excluding carboxylic acids is 1. The quantitative estimate of drug-likeness (QED) is 0.748. The summed E-state index contributed by atoms with van der Waals surface area (Å²) in [6.45, 7) is 0. The van der Waals surface area contributed by atoms with Crippen molar-refractivity contribution in [2.24, 2.45) is 0 Å². The van der Waals surface area contributed by atoms with Crippen LogP contribution in [0.3, 0.4) is 0 Å². The predicted molar refractivity (Wildman–Crippen MR) is 75.1 cm³/mol. The second kappa shape index (κ2) is 5.02. The van der Waals surface area contributed by atoms with Crippen molar-refractivity contribution in [2.75, 3.05) is 0 Å². The van der Waals surface area contributed by atoms with Gasteiger partial charge in [0, 0.05) is 11.8 Å². The van der Waals surface area contributed by atoms with Gasteiger partial charge in [0.25, 0.3) is 0 Å². The molecule has 1 aliphatic rings. The zero-order valence-electron chi connectivity index (χ0n) is 10.2. The molecule has 0 saturated carbocycles. The first-order valence-corrected chi connectivity index (χ1v) is 7.29. The predicted octanol–water partition coefficient (Wildman–Crippen LogP) is 4.37. The third-order valence-electron chi connectivity index (χ3n) is 3.40. The number of ketones is 1. The van der Waals surface area contributed by atoms with Gasteiger partial charge in [-0.3, -0.25) is 9.78 Å². The Balaban J connectivity index is 1.92. The van der Waals surface area contributed by atoms with Gasteiger partial charge in [-0.1, -0.05) is 12.5 Å². The number of thiophene rings is 1. The number of allylic oxidation sites excluding steroid dienone is 2. The molecule has 0 N–H and O–H groups in total. The third kappa shape index (κ3) is 2.23. The fourth-order valence-electron chi connectivity index (χ4n) is 2.38. The van der Waals surface area contributed by atoms with Crippen molar-refractivity contribution in [3.8, 4) is 0 Å². The van der Waals surface area contributed by atoms with E-state index in [1.54, 1.807) is 17.5 Å². The Morgan fingerprint density at radius 2 is 2.22 bits per heavy atom. The molecule has 0 bridgehead atoms. The molecule has 0 saturated heterocycles. The Labute approximate surface area is 110 Å². The van der Waals surface area contributed by atoms with Crippen LogP contribution in [0.4, 0.5) is 0 Å². The number of Topliss-reactive ketones (excluding diaryl/α,β-unsaturated/α-hetero) is 1. The number of aromatic nitrogens is 1. The first kappa shape index (κ1) is 11.6. The van der Waals surface area contributed by atoms with Crippen molar-refractivity contribution in [2.45, 2.75) is 32.1 Å². The average Bonchev–Trinajstić information content (AvgIpc) is 2.69. The highest BCUT2D eigenvalue weighted by Crippen LogP contribution is 2.24. The van der Waals surface area contributed by atoms with E-state index in [4.69, 9.17) is 0 Å². The number of hydrogen-bond acceptors (Lipinski definition) is 3. The smallest absolute Gasteiger partial charge is 0.190 e. The van der Waals surface area contributed by atoms with E-state index in [0.717, 1.165) is 40.6 Å². The Hall–Kier alpha value is -1.48. The Morgan fingerprint density at radius 3 is 3.17 bits per heavy atom. The maximum atomic E-state index is 12.4. The van der Waals surface area contributed by atoms with Gasteiger partial charge in [-0.05, 0) is 48.8 Å². The van der Waals surface area contributed by atoms with Gasteiger partial charge in [-0.25, -0.2) is 0 Å². The van der Waals surface area contributed by atoms with Gasteiger partial charge in [0.15, 0.2) is 5.78 Å². The van der Waals surface area contributed by atoms with Gasteiger partial charge in [-0.15, -0.1) is 11.3 Å². The van der Waals surface area contributed by atoms with Crippen LogP contribution < -0.4 is 0 Å². The molecule has 0 unspecified atom stereocenters. The summed E-state index contributed by atoms with van der Waals surface area (Å²) in [5.74, 6) is 0.166. The van der Waals surface area contributed by atoms with Crippen LogP contribution in [-0.4, -0.2) is 10.8 Å². The van der Waals surface area contributed by atoms with Gasteiger partial charge in [0.1, 0.15) is 0 Å². The minimum absolute atomic E-state index is 0.166. The lowest BCUT2D eigenvalue weighted by Crippen LogP contribution is -2.03. The Kier molecular flexibility index (Phi) is 3.24. The summed E-state index contributed by atoms with van der Waals surface area (Å²) < 4.78 is 1.09. The SMILES string of the molecule is O=C(C1=CCCCCC1)c1cnc2ccsc2c1. The topological polar surface area (TPSA) is 30.0 Å². The van der Waals surface area contributed by atoms with Crippen molar-refractivity contribution in [3.63, 3.8) is 0 Å². The van der Waals surface area contributed by atoms with Crippen LogP contribution in [0.2, 0.25) is 0 Å². The fourth-order valence-corrected chi connectivity index (χ4v) is 3.16. The first-order valence-electron chi connectivity index (χ1n) is 6.41. The highest BCUT2D eigenvalue weighted by atomic mass is 32.1. The van der Waals surface area contributed by atoms with E-state index in [-0.39, 0.29) is 5.78 Å². The molecule has 0 spiro atoms. The molecule has 0 aromatic carbocycles. The summed E-state index contributed by atoms with van der Waals surface area (Å²) in [6.07, 6.45) is 9.36. The summed E-state index contributed by atoms with van der Waals surface area (Å²) in [5.41, 5.74) is 2.69. The van der Waals surface area contributed by atoms with Crippen molar-refractivity contribution in [3.05, 3.63) is 40.9 Å². The van der Waals surface area contributed by atoms with Gasteiger partial charge in [0.05, 0.1) is 10.2 Å². The molecule has 3 heteroatoms.